The second-order valence-corrected chi connectivity index (χ2v) is 5.93. The molecule has 0 aliphatic rings. The fraction of sp³-hybridized carbons (Fsp3) is 0.533. The zero-order valence-corrected chi connectivity index (χ0v) is 13.2. The van der Waals surface area contributed by atoms with Crippen molar-refractivity contribution in [2.45, 2.75) is 52.0 Å². The fourth-order valence-corrected chi connectivity index (χ4v) is 3.14. The van der Waals surface area contributed by atoms with E-state index >= 15 is 0 Å². The van der Waals surface area contributed by atoms with E-state index in [1.165, 1.54) is 25.7 Å². The number of halogens is 1. The van der Waals surface area contributed by atoms with E-state index in [-0.39, 0.29) is 0 Å². The first-order valence-corrected chi connectivity index (χ1v) is 7.82. The van der Waals surface area contributed by atoms with Gasteiger partial charge in [0.25, 0.3) is 0 Å². The molecule has 1 aromatic heterocycles. The van der Waals surface area contributed by atoms with Crippen molar-refractivity contribution in [3.8, 4) is 0 Å². The first-order chi connectivity index (χ1) is 9.15. The van der Waals surface area contributed by atoms with E-state index in [0.717, 1.165) is 27.2 Å². The van der Waals surface area contributed by atoms with Gasteiger partial charge in [0.05, 0.1) is 16.1 Å². The topological polar surface area (TPSA) is 20.7 Å². The number of fused-ring (bicyclic) bond motifs is 1. The Bertz CT molecular complexity index is 600. The van der Waals surface area contributed by atoms with Gasteiger partial charge in [0, 0.05) is 6.04 Å². The number of benzene rings is 1. The normalized spacial score (nSPS) is 13.0. The van der Waals surface area contributed by atoms with Crippen LogP contribution in [-0.4, -0.2) is 9.55 Å². The average molecular weight is 297 g/mol. The summed E-state index contributed by atoms with van der Waals surface area (Å²) in [4.78, 5) is 3.22. The maximum absolute atomic E-state index is 6.20. The van der Waals surface area contributed by atoms with E-state index in [1.807, 2.05) is 12.1 Å². The molecule has 0 aliphatic carbocycles. The summed E-state index contributed by atoms with van der Waals surface area (Å²) in [5.41, 5.74) is 2.06. The number of hydrogen-bond donors (Lipinski definition) is 1. The monoisotopic (exact) mass is 296 g/mol. The molecule has 0 saturated heterocycles. The number of hydrogen-bond acceptors (Lipinski definition) is 1. The van der Waals surface area contributed by atoms with Crippen molar-refractivity contribution in [1.29, 1.82) is 0 Å². The average Bonchev–Trinajstić information content (AvgIpc) is 2.72. The molecule has 104 valence electrons. The number of aromatic nitrogens is 2. The van der Waals surface area contributed by atoms with Gasteiger partial charge in [-0.15, -0.1) is 0 Å². The van der Waals surface area contributed by atoms with Crippen LogP contribution in [0.4, 0.5) is 0 Å². The Morgan fingerprint density at radius 1 is 1.32 bits per heavy atom. The Morgan fingerprint density at radius 3 is 2.84 bits per heavy atom. The Morgan fingerprint density at radius 2 is 2.11 bits per heavy atom. The van der Waals surface area contributed by atoms with Crippen LogP contribution in [0.3, 0.4) is 0 Å². The van der Waals surface area contributed by atoms with Crippen LogP contribution in [-0.2, 0) is 0 Å². The van der Waals surface area contributed by atoms with E-state index in [4.69, 9.17) is 23.8 Å². The first-order valence-electron chi connectivity index (χ1n) is 7.04. The van der Waals surface area contributed by atoms with Crippen molar-refractivity contribution in [3.05, 3.63) is 28.0 Å². The number of aromatic amines is 1. The second kappa shape index (κ2) is 6.58. The molecule has 0 aliphatic heterocycles. The molecule has 0 fully saturated rings. The molecule has 0 bridgehead atoms. The van der Waals surface area contributed by atoms with Crippen LogP contribution in [0.15, 0.2) is 18.2 Å². The largest absolute Gasteiger partial charge is 0.329 e. The Kier molecular flexibility index (Phi) is 5.06. The van der Waals surface area contributed by atoms with Gasteiger partial charge in [-0.25, -0.2) is 0 Å². The van der Waals surface area contributed by atoms with E-state index in [0.29, 0.717) is 6.04 Å². The summed E-state index contributed by atoms with van der Waals surface area (Å²) < 4.78 is 2.97. The molecule has 2 rings (SSSR count). The molecule has 0 saturated carbocycles. The van der Waals surface area contributed by atoms with Gasteiger partial charge in [0.2, 0.25) is 0 Å². The maximum Gasteiger partial charge on any atom is 0.178 e. The van der Waals surface area contributed by atoms with Crippen molar-refractivity contribution in [1.82, 2.24) is 9.55 Å². The number of unbranched alkanes of at least 4 members (excludes halogenated alkanes) is 3. The van der Waals surface area contributed by atoms with E-state index in [9.17, 15) is 0 Å². The van der Waals surface area contributed by atoms with Gasteiger partial charge >= 0.3 is 0 Å². The van der Waals surface area contributed by atoms with Crippen molar-refractivity contribution in [2.75, 3.05) is 0 Å². The predicted molar refractivity (Wildman–Crippen MR) is 85.6 cm³/mol. The highest BCUT2D eigenvalue weighted by Gasteiger charge is 2.12. The lowest BCUT2D eigenvalue weighted by Gasteiger charge is -2.14. The summed E-state index contributed by atoms with van der Waals surface area (Å²) in [6, 6.07) is 6.37. The van der Waals surface area contributed by atoms with E-state index in [2.05, 4.69) is 29.5 Å². The molecule has 1 unspecified atom stereocenters. The van der Waals surface area contributed by atoms with Crippen LogP contribution >= 0.6 is 23.8 Å². The lowest BCUT2D eigenvalue weighted by atomic mass is 10.1. The lowest BCUT2D eigenvalue weighted by molar-refractivity contribution is 0.478. The quantitative estimate of drug-likeness (QED) is 0.521. The summed E-state index contributed by atoms with van der Waals surface area (Å²) in [6.07, 6.45) is 6.31. The summed E-state index contributed by atoms with van der Waals surface area (Å²) in [5.74, 6) is 0. The summed E-state index contributed by atoms with van der Waals surface area (Å²) in [6.45, 7) is 4.47. The number of para-hydroxylation sites is 1. The molecule has 2 nitrogen and oxygen atoms in total. The van der Waals surface area contributed by atoms with Gasteiger partial charge in [-0.05, 0) is 37.7 Å². The van der Waals surface area contributed by atoms with E-state index < -0.39 is 0 Å². The van der Waals surface area contributed by atoms with Gasteiger partial charge < -0.3 is 9.55 Å². The SMILES string of the molecule is CCCCCCC(C)n1c(=S)[nH]c2c(Cl)cccc21. The third-order valence-corrected chi connectivity index (χ3v) is 4.23. The minimum absolute atomic E-state index is 0.413. The molecule has 1 atom stereocenters. The number of imidazole rings is 1. The van der Waals surface area contributed by atoms with Gasteiger partial charge in [0.1, 0.15) is 0 Å². The van der Waals surface area contributed by atoms with Gasteiger partial charge in [0.15, 0.2) is 4.77 Å². The molecule has 1 aromatic carbocycles. The third-order valence-electron chi connectivity index (χ3n) is 3.62. The number of H-pyrrole nitrogens is 1. The van der Waals surface area contributed by atoms with Crippen molar-refractivity contribution >= 4 is 34.9 Å². The van der Waals surface area contributed by atoms with Crippen LogP contribution in [0.25, 0.3) is 11.0 Å². The van der Waals surface area contributed by atoms with Gasteiger partial charge in [-0.1, -0.05) is 50.3 Å². The first kappa shape index (κ1) is 14.6. The third kappa shape index (κ3) is 3.21. The highest BCUT2D eigenvalue weighted by Crippen LogP contribution is 2.27. The van der Waals surface area contributed by atoms with E-state index in [1.54, 1.807) is 0 Å². The van der Waals surface area contributed by atoms with Gasteiger partial charge in [-0.2, -0.15) is 0 Å². The predicted octanol–water partition coefficient (Wildman–Crippen LogP) is 5.88. The number of rotatable bonds is 6. The lowest BCUT2D eigenvalue weighted by Crippen LogP contribution is -2.05. The number of nitrogens with zero attached hydrogens (tertiary/aromatic N) is 1. The molecule has 2 aromatic rings. The summed E-state index contributed by atoms with van der Waals surface area (Å²) in [5, 5.41) is 0.737. The minimum atomic E-state index is 0.413. The zero-order chi connectivity index (χ0) is 13.8. The Balaban J connectivity index is 2.22. The van der Waals surface area contributed by atoms with Crippen LogP contribution in [0, 0.1) is 4.77 Å². The van der Waals surface area contributed by atoms with Crippen LogP contribution in [0.2, 0.25) is 5.02 Å². The number of nitrogens with one attached hydrogen (secondary N) is 1. The molecule has 0 amide bonds. The zero-order valence-electron chi connectivity index (χ0n) is 11.6. The molecular formula is C15H21ClN2S. The second-order valence-electron chi connectivity index (χ2n) is 5.13. The van der Waals surface area contributed by atoms with Crippen molar-refractivity contribution < 1.29 is 0 Å². The summed E-state index contributed by atoms with van der Waals surface area (Å²) in [7, 11) is 0. The molecule has 19 heavy (non-hydrogen) atoms. The maximum atomic E-state index is 6.20. The molecular weight excluding hydrogens is 276 g/mol. The van der Waals surface area contributed by atoms with Crippen LogP contribution in [0.5, 0.6) is 0 Å². The molecule has 1 heterocycles. The molecule has 1 N–H and O–H groups in total. The highest BCUT2D eigenvalue weighted by molar-refractivity contribution is 7.71. The van der Waals surface area contributed by atoms with Gasteiger partial charge in [-0.3, -0.25) is 0 Å². The molecule has 0 spiro atoms. The molecule has 4 heteroatoms. The smallest absolute Gasteiger partial charge is 0.178 e. The van der Waals surface area contributed by atoms with Crippen LogP contribution < -0.4 is 0 Å². The Hall–Kier alpha value is -0.800. The van der Waals surface area contributed by atoms with Crippen LogP contribution in [0.1, 0.15) is 52.0 Å². The molecule has 0 radical (unpaired) electrons. The van der Waals surface area contributed by atoms with Crippen molar-refractivity contribution in [3.63, 3.8) is 0 Å². The van der Waals surface area contributed by atoms with Crippen molar-refractivity contribution in [2.24, 2.45) is 0 Å². The fourth-order valence-electron chi connectivity index (χ4n) is 2.55. The standard InChI is InChI=1S/C15H21ClN2S/c1-3-4-5-6-8-11(2)18-13-10-7-9-12(16)14(13)17-15(18)19/h7,9-11H,3-6,8H2,1-2H3,(H,17,19). The highest BCUT2D eigenvalue weighted by atomic mass is 35.5. The summed E-state index contributed by atoms with van der Waals surface area (Å²) >= 11 is 11.6. The Labute approximate surface area is 124 Å². The minimum Gasteiger partial charge on any atom is -0.329 e.